The Morgan fingerprint density at radius 2 is 2.32 bits per heavy atom. The number of hydrogen-bond donors (Lipinski definition) is 3. The van der Waals surface area contributed by atoms with Crippen molar-refractivity contribution >= 4 is 5.91 Å². The first-order valence-corrected chi connectivity index (χ1v) is 7.34. The van der Waals surface area contributed by atoms with Gasteiger partial charge in [0, 0.05) is 12.3 Å². The van der Waals surface area contributed by atoms with Gasteiger partial charge in [-0.05, 0) is 31.9 Å². The molecule has 0 bridgehead atoms. The molecule has 1 aliphatic heterocycles. The Labute approximate surface area is 128 Å². The molecule has 7 nitrogen and oxygen atoms in total. The van der Waals surface area contributed by atoms with Crippen molar-refractivity contribution in [2.75, 3.05) is 26.4 Å². The maximum atomic E-state index is 12.3. The van der Waals surface area contributed by atoms with Gasteiger partial charge in [-0.3, -0.25) is 9.59 Å². The second-order valence-electron chi connectivity index (χ2n) is 5.40. The van der Waals surface area contributed by atoms with Crippen LogP contribution in [-0.2, 0) is 9.47 Å². The molecular formula is C15H22N2O5. The molecule has 1 aromatic rings. The van der Waals surface area contributed by atoms with Crippen LogP contribution in [0.25, 0.3) is 0 Å². The molecule has 3 N–H and O–H groups in total. The first-order chi connectivity index (χ1) is 10.5. The van der Waals surface area contributed by atoms with Crippen LogP contribution in [0.1, 0.15) is 28.0 Å². The summed E-state index contributed by atoms with van der Waals surface area (Å²) in [5.41, 5.74) is 1.29. The number of aromatic nitrogens is 1. The number of amides is 1. The van der Waals surface area contributed by atoms with Gasteiger partial charge in [0.15, 0.2) is 0 Å². The molecule has 1 saturated heterocycles. The van der Waals surface area contributed by atoms with Gasteiger partial charge < -0.3 is 24.9 Å². The lowest BCUT2D eigenvalue weighted by Gasteiger charge is -2.31. The molecule has 0 radical (unpaired) electrons. The minimum atomic E-state index is -0.422. The zero-order valence-corrected chi connectivity index (χ0v) is 12.8. The molecule has 0 unspecified atom stereocenters. The highest BCUT2D eigenvalue weighted by Gasteiger charge is 2.28. The van der Waals surface area contributed by atoms with Gasteiger partial charge in [-0.2, -0.15) is 0 Å². The van der Waals surface area contributed by atoms with Crippen molar-refractivity contribution in [2.45, 2.75) is 32.4 Å². The maximum Gasteiger partial charge on any atom is 0.261 e. The number of nitrogens with one attached hydrogen (secondary N) is 2. The number of aliphatic hydroxyl groups is 1. The molecule has 1 aliphatic rings. The summed E-state index contributed by atoms with van der Waals surface area (Å²) in [5, 5.41) is 11.7. The normalized spacial score (nSPS) is 21.6. The predicted molar refractivity (Wildman–Crippen MR) is 80.1 cm³/mol. The lowest BCUT2D eigenvalue weighted by atomic mass is 10.0. The number of aromatic amines is 1. The second kappa shape index (κ2) is 7.53. The van der Waals surface area contributed by atoms with Crippen molar-refractivity contribution in [3.8, 4) is 0 Å². The number of carbonyl (C=O) groups is 1. The second-order valence-corrected chi connectivity index (χ2v) is 5.40. The predicted octanol–water partition coefficient (Wildman–Crippen LogP) is -0.112. The Balaban J connectivity index is 2.09. The van der Waals surface area contributed by atoms with Gasteiger partial charge in [0.05, 0.1) is 25.9 Å². The standard InChI is InChI=1S/C15H22N2O5/c1-9-7-11(14(19)16-10(9)2)15(20)17-12-3-5-21-8-13(12)22-6-4-18/h7,12-13,18H,3-6,8H2,1-2H3,(H,16,19)(H,17,20)/t12-,13-/m1/s1. The van der Waals surface area contributed by atoms with E-state index in [-0.39, 0.29) is 30.9 Å². The first kappa shape index (κ1) is 16.7. The maximum absolute atomic E-state index is 12.3. The summed E-state index contributed by atoms with van der Waals surface area (Å²) >= 11 is 0. The molecule has 1 aromatic heterocycles. The Morgan fingerprint density at radius 1 is 1.55 bits per heavy atom. The molecule has 0 spiro atoms. The van der Waals surface area contributed by atoms with Crippen molar-refractivity contribution in [3.63, 3.8) is 0 Å². The van der Waals surface area contributed by atoms with Gasteiger partial charge in [0.2, 0.25) is 0 Å². The first-order valence-electron chi connectivity index (χ1n) is 7.34. The van der Waals surface area contributed by atoms with Crippen LogP contribution in [0, 0.1) is 13.8 Å². The summed E-state index contributed by atoms with van der Waals surface area (Å²) in [6, 6.07) is 1.35. The van der Waals surface area contributed by atoms with E-state index in [1.54, 1.807) is 13.0 Å². The molecule has 0 saturated carbocycles. The smallest absolute Gasteiger partial charge is 0.261 e. The van der Waals surface area contributed by atoms with E-state index in [0.717, 1.165) is 11.3 Å². The van der Waals surface area contributed by atoms with Gasteiger partial charge in [-0.15, -0.1) is 0 Å². The number of hydrogen-bond acceptors (Lipinski definition) is 5. The monoisotopic (exact) mass is 310 g/mol. The van der Waals surface area contributed by atoms with Crippen molar-refractivity contribution in [1.82, 2.24) is 10.3 Å². The average Bonchev–Trinajstić information content (AvgIpc) is 2.50. The van der Waals surface area contributed by atoms with Crippen molar-refractivity contribution in [1.29, 1.82) is 0 Å². The topological polar surface area (TPSA) is 101 Å². The van der Waals surface area contributed by atoms with Gasteiger partial charge in [-0.25, -0.2) is 0 Å². The van der Waals surface area contributed by atoms with E-state index in [4.69, 9.17) is 14.6 Å². The molecule has 2 heterocycles. The lowest BCUT2D eigenvalue weighted by Crippen LogP contribution is -2.51. The average molecular weight is 310 g/mol. The number of ether oxygens (including phenoxy) is 2. The number of aryl methyl sites for hydroxylation is 2. The van der Waals surface area contributed by atoms with E-state index in [0.29, 0.717) is 19.6 Å². The van der Waals surface area contributed by atoms with Crippen LogP contribution in [0.4, 0.5) is 0 Å². The molecular weight excluding hydrogens is 288 g/mol. The number of carbonyl (C=O) groups excluding carboxylic acids is 1. The zero-order valence-electron chi connectivity index (χ0n) is 12.8. The third kappa shape index (κ3) is 3.94. The van der Waals surface area contributed by atoms with E-state index in [9.17, 15) is 9.59 Å². The van der Waals surface area contributed by atoms with E-state index in [2.05, 4.69) is 10.3 Å². The molecule has 7 heteroatoms. The van der Waals surface area contributed by atoms with Crippen molar-refractivity contribution in [3.05, 3.63) is 33.2 Å². The quantitative estimate of drug-likeness (QED) is 0.704. The van der Waals surface area contributed by atoms with Gasteiger partial charge >= 0.3 is 0 Å². The third-order valence-corrected chi connectivity index (χ3v) is 3.79. The van der Waals surface area contributed by atoms with Gasteiger partial charge in [-0.1, -0.05) is 0 Å². The Morgan fingerprint density at radius 3 is 3.05 bits per heavy atom. The highest BCUT2D eigenvalue weighted by Crippen LogP contribution is 2.12. The third-order valence-electron chi connectivity index (χ3n) is 3.79. The zero-order chi connectivity index (χ0) is 16.1. The Hall–Kier alpha value is -1.70. The Kier molecular flexibility index (Phi) is 5.70. The SMILES string of the molecule is Cc1cc(C(=O)N[C@@H]2CCOC[C@H]2OCCO)c(=O)[nH]c1C. The van der Waals surface area contributed by atoms with E-state index >= 15 is 0 Å². The van der Waals surface area contributed by atoms with Crippen LogP contribution in [-0.4, -0.2) is 54.6 Å². The van der Waals surface area contributed by atoms with E-state index < -0.39 is 11.5 Å². The summed E-state index contributed by atoms with van der Waals surface area (Å²) in [4.78, 5) is 26.9. The molecule has 2 rings (SSSR count). The largest absolute Gasteiger partial charge is 0.394 e. The lowest BCUT2D eigenvalue weighted by molar-refractivity contribution is -0.0737. The van der Waals surface area contributed by atoms with Crippen LogP contribution < -0.4 is 10.9 Å². The van der Waals surface area contributed by atoms with E-state index in [1.807, 2.05) is 6.92 Å². The minimum absolute atomic E-state index is 0.0893. The summed E-state index contributed by atoms with van der Waals surface area (Å²) < 4.78 is 10.8. The summed E-state index contributed by atoms with van der Waals surface area (Å²) in [7, 11) is 0. The van der Waals surface area contributed by atoms with Crippen LogP contribution in [0.3, 0.4) is 0 Å². The highest BCUT2D eigenvalue weighted by molar-refractivity contribution is 5.94. The Bertz CT molecular complexity index is 584. The van der Waals surface area contributed by atoms with Crippen molar-refractivity contribution < 1.29 is 19.4 Å². The fourth-order valence-electron chi connectivity index (χ4n) is 2.39. The molecule has 1 fully saturated rings. The van der Waals surface area contributed by atoms with Crippen LogP contribution >= 0.6 is 0 Å². The number of aliphatic hydroxyl groups excluding tert-OH is 1. The molecule has 0 aliphatic carbocycles. The summed E-state index contributed by atoms with van der Waals surface area (Å²) in [6.45, 7) is 4.60. The fourth-order valence-corrected chi connectivity index (χ4v) is 2.39. The number of rotatable bonds is 5. The van der Waals surface area contributed by atoms with Gasteiger partial charge in [0.25, 0.3) is 11.5 Å². The van der Waals surface area contributed by atoms with Crippen LogP contribution in [0.15, 0.2) is 10.9 Å². The summed E-state index contributed by atoms with van der Waals surface area (Å²) in [6.07, 6.45) is 0.278. The molecule has 122 valence electrons. The van der Waals surface area contributed by atoms with E-state index in [1.165, 1.54) is 0 Å². The van der Waals surface area contributed by atoms with Crippen LogP contribution in [0.2, 0.25) is 0 Å². The van der Waals surface area contributed by atoms with Crippen molar-refractivity contribution in [2.24, 2.45) is 0 Å². The number of H-pyrrole nitrogens is 1. The number of pyridine rings is 1. The highest BCUT2D eigenvalue weighted by atomic mass is 16.5. The molecule has 1 amide bonds. The molecule has 22 heavy (non-hydrogen) atoms. The fraction of sp³-hybridized carbons (Fsp3) is 0.600. The minimum Gasteiger partial charge on any atom is -0.394 e. The molecule has 0 aromatic carbocycles. The molecule has 2 atom stereocenters. The van der Waals surface area contributed by atoms with Crippen LogP contribution in [0.5, 0.6) is 0 Å². The summed E-state index contributed by atoms with van der Waals surface area (Å²) in [5.74, 6) is -0.422. The van der Waals surface area contributed by atoms with Gasteiger partial charge in [0.1, 0.15) is 11.7 Å².